The first-order chi connectivity index (χ1) is 14.3. The van der Waals surface area contributed by atoms with Gasteiger partial charge in [-0.15, -0.1) is 0 Å². The number of nitrogens with zero attached hydrogens (tertiary/aromatic N) is 3. The Balaban J connectivity index is 1.44. The van der Waals surface area contributed by atoms with E-state index >= 15 is 0 Å². The van der Waals surface area contributed by atoms with E-state index in [9.17, 15) is 9.59 Å². The van der Waals surface area contributed by atoms with E-state index in [0.29, 0.717) is 38.5 Å². The highest BCUT2D eigenvalue weighted by Crippen LogP contribution is 2.28. The molecule has 160 valence electrons. The topological polar surface area (TPSA) is 78.7 Å². The minimum absolute atomic E-state index is 0.0129. The number of carbonyl (C=O) groups excluding carboxylic acids is 2. The van der Waals surface area contributed by atoms with Crippen molar-refractivity contribution in [2.24, 2.45) is 0 Å². The van der Waals surface area contributed by atoms with Gasteiger partial charge in [-0.25, -0.2) is 4.98 Å². The van der Waals surface area contributed by atoms with Gasteiger partial charge in [0.25, 0.3) is 0 Å². The number of hydrogen-bond acceptors (Lipinski definition) is 5. The van der Waals surface area contributed by atoms with Crippen LogP contribution in [0.1, 0.15) is 50.1 Å². The van der Waals surface area contributed by atoms with E-state index in [1.807, 2.05) is 18.2 Å². The number of benzene rings is 1. The summed E-state index contributed by atoms with van der Waals surface area (Å²) in [6.45, 7) is 9.24. The molecule has 7 heteroatoms. The summed E-state index contributed by atoms with van der Waals surface area (Å²) in [7, 11) is 0. The number of piperazine rings is 1. The number of amides is 2. The van der Waals surface area contributed by atoms with Crippen molar-refractivity contribution in [2.75, 3.05) is 19.6 Å². The van der Waals surface area contributed by atoms with E-state index in [4.69, 9.17) is 4.42 Å². The van der Waals surface area contributed by atoms with Gasteiger partial charge in [0.1, 0.15) is 11.5 Å². The second kappa shape index (κ2) is 8.22. The van der Waals surface area contributed by atoms with Crippen molar-refractivity contribution >= 4 is 11.8 Å². The van der Waals surface area contributed by atoms with Crippen LogP contribution in [0.25, 0.3) is 0 Å². The van der Waals surface area contributed by atoms with Crippen LogP contribution in [0, 0.1) is 0 Å². The third-order valence-corrected chi connectivity index (χ3v) is 5.76. The average molecular weight is 411 g/mol. The van der Waals surface area contributed by atoms with Gasteiger partial charge in [-0.1, -0.05) is 51.1 Å². The molecule has 0 saturated carbocycles. The van der Waals surface area contributed by atoms with Crippen LogP contribution in [-0.4, -0.2) is 52.3 Å². The van der Waals surface area contributed by atoms with Gasteiger partial charge in [-0.05, 0) is 5.56 Å². The zero-order valence-electron chi connectivity index (χ0n) is 18.0. The maximum Gasteiger partial charge on any atom is 0.237 e. The minimum Gasteiger partial charge on any atom is -0.445 e. The summed E-state index contributed by atoms with van der Waals surface area (Å²) < 4.78 is 5.93. The quantitative estimate of drug-likeness (QED) is 0.836. The fraction of sp³-hybridized carbons (Fsp3) is 0.522. The Labute approximate surface area is 177 Å². The van der Waals surface area contributed by atoms with Crippen molar-refractivity contribution in [1.82, 2.24) is 20.1 Å². The molecule has 7 nitrogen and oxygen atoms in total. The van der Waals surface area contributed by atoms with Crippen LogP contribution in [0.3, 0.4) is 0 Å². The van der Waals surface area contributed by atoms with Crippen molar-refractivity contribution in [3.63, 3.8) is 0 Å². The molecule has 0 bridgehead atoms. The highest BCUT2D eigenvalue weighted by atomic mass is 16.4. The molecule has 1 aromatic heterocycles. The first-order valence-corrected chi connectivity index (χ1v) is 10.6. The molecule has 1 fully saturated rings. The Morgan fingerprint density at radius 2 is 2.00 bits per heavy atom. The van der Waals surface area contributed by atoms with Crippen molar-refractivity contribution in [2.45, 2.75) is 58.2 Å². The summed E-state index contributed by atoms with van der Waals surface area (Å²) in [4.78, 5) is 34.2. The highest BCUT2D eigenvalue weighted by Gasteiger charge is 2.35. The summed E-state index contributed by atoms with van der Waals surface area (Å²) >= 11 is 0. The van der Waals surface area contributed by atoms with Crippen LogP contribution >= 0.6 is 0 Å². The maximum atomic E-state index is 13.1. The highest BCUT2D eigenvalue weighted by molar-refractivity contribution is 5.89. The number of hydrogen-bond donors (Lipinski definition) is 1. The van der Waals surface area contributed by atoms with E-state index in [0.717, 1.165) is 23.6 Å². The van der Waals surface area contributed by atoms with Crippen LogP contribution in [-0.2, 0) is 34.5 Å². The molecular weight excluding hydrogens is 380 g/mol. The molecule has 2 aliphatic heterocycles. The summed E-state index contributed by atoms with van der Waals surface area (Å²) in [5.74, 6) is 1.51. The molecule has 2 aromatic rings. The number of nitrogens with one attached hydrogen (secondary N) is 1. The number of oxazole rings is 1. The number of carbonyl (C=O) groups is 2. The lowest BCUT2D eigenvalue weighted by molar-refractivity contribution is -0.139. The molecule has 1 saturated heterocycles. The Bertz CT molecular complexity index is 916. The zero-order chi connectivity index (χ0) is 21.3. The molecule has 1 N–H and O–H groups in total. The predicted molar refractivity (Wildman–Crippen MR) is 113 cm³/mol. The fourth-order valence-corrected chi connectivity index (χ4v) is 4.02. The van der Waals surface area contributed by atoms with Crippen LogP contribution in [0.5, 0.6) is 0 Å². The summed E-state index contributed by atoms with van der Waals surface area (Å²) in [5.41, 5.74) is 1.82. The monoisotopic (exact) mass is 410 g/mol. The average Bonchev–Trinajstić information content (AvgIpc) is 3.15. The lowest BCUT2D eigenvalue weighted by atomic mass is 9.97. The molecule has 1 aromatic carbocycles. The van der Waals surface area contributed by atoms with Gasteiger partial charge in [0, 0.05) is 38.0 Å². The molecule has 2 aliphatic rings. The van der Waals surface area contributed by atoms with Gasteiger partial charge in [-0.2, -0.15) is 0 Å². The summed E-state index contributed by atoms with van der Waals surface area (Å²) in [6.07, 6.45) is 0.840. The van der Waals surface area contributed by atoms with Crippen molar-refractivity contribution < 1.29 is 14.0 Å². The summed E-state index contributed by atoms with van der Waals surface area (Å²) in [6, 6.07) is 9.62. The molecule has 0 spiro atoms. The van der Waals surface area contributed by atoms with Crippen LogP contribution < -0.4 is 5.32 Å². The normalized spacial score (nSPS) is 20.0. The number of rotatable bonds is 4. The van der Waals surface area contributed by atoms with Gasteiger partial charge in [0.15, 0.2) is 5.89 Å². The van der Waals surface area contributed by atoms with Gasteiger partial charge in [0.05, 0.1) is 19.0 Å². The molecular formula is C23H30N4O3. The molecule has 0 aliphatic carbocycles. The Morgan fingerprint density at radius 1 is 1.23 bits per heavy atom. The minimum atomic E-state index is -0.449. The van der Waals surface area contributed by atoms with Gasteiger partial charge in [-0.3, -0.25) is 14.5 Å². The standard InChI is InChI=1S/C23H30N4O3/c1-23(2,3)22-25-17-15-27(11-9-19(17)30-22)20(28)13-18-21(29)24-10-12-26(18)14-16-7-5-4-6-8-16/h4-8,18H,9-15H2,1-3H3,(H,24,29). The van der Waals surface area contributed by atoms with Gasteiger partial charge >= 0.3 is 0 Å². The smallest absolute Gasteiger partial charge is 0.237 e. The molecule has 4 rings (SSSR count). The maximum absolute atomic E-state index is 13.1. The van der Waals surface area contributed by atoms with Crippen molar-refractivity contribution in [3.05, 3.63) is 53.2 Å². The van der Waals surface area contributed by atoms with Crippen molar-refractivity contribution in [3.8, 4) is 0 Å². The second-order valence-electron chi connectivity index (χ2n) is 9.17. The molecule has 0 radical (unpaired) electrons. The Hall–Kier alpha value is -2.67. The molecule has 1 atom stereocenters. The van der Waals surface area contributed by atoms with E-state index in [2.05, 4.69) is 48.1 Å². The largest absolute Gasteiger partial charge is 0.445 e. The van der Waals surface area contributed by atoms with Crippen molar-refractivity contribution in [1.29, 1.82) is 0 Å². The predicted octanol–water partition coefficient (Wildman–Crippen LogP) is 2.25. The third-order valence-electron chi connectivity index (χ3n) is 5.76. The summed E-state index contributed by atoms with van der Waals surface area (Å²) in [5, 5.41) is 2.91. The van der Waals surface area contributed by atoms with Crippen LogP contribution in [0.15, 0.2) is 34.7 Å². The van der Waals surface area contributed by atoms with Crippen LogP contribution in [0.2, 0.25) is 0 Å². The fourth-order valence-electron chi connectivity index (χ4n) is 4.02. The first-order valence-electron chi connectivity index (χ1n) is 10.6. The van der Waals surface area contributed by atoms with E-state index in [1.54, 1.807) is 4.90 Å². The van der Waals surface area contributed by atoms with E-state index in [1.165, 1.54) is 0 Å². The van der Waals surface area contributed by atoms with Crippen LogP contribution in [0.4, 0.5) is 0 Å². The number of aromatic nitrogens is 1. The SMILES string of the molecule is CC(C)(C)c1nc2c(o1)CCN(C(=O)CC1C(=O)NCCN1Cc1ccccc1)C2. The molecule has 2 amide bonds. The van der Waals surface area contributed by atoms with Gasteiger partial charge in [0.2, 0.25) is 11.8 Å². The number of fused-ring (bicyclic) bond motifs is 1. The van der Waals surface area contributed by atoms with Gasteiger partial charge < -0.3 is 14.6 Å². The first kappa shape index (κ1) is 20.6. The lowest BCUT2D eigenvalue weighted by Crippen LogP contribution is -2.56. The Kier molecular flexibility index (Phi) is 5.64. The molecule has 1 unspecified atom stereocenters. The second-order valence-corrected chi connectivity index (χ2v) is 9.17. The lowest BCUT2D eigenvalue weighted by Gasteiger charge is -2.36. The molecule has 30 heavy (non-hydrogen) atoms. The van der Waals surface area contributed by atoms with E-state index < -0.39 is 6.04 Å². The third kappa shape index (κ3) is 4.41. The zero-order valence-corrected chi connectivity index (χ0v) is 18.0. The Morgan fingerprint density at radius 3 is 2.73 bits per heavy atom. The van der Waals surface area contributed by atoms with E-state index in [-0.39, 0.29) is 23.7 Å². The molecule has 3 heterocycles.